The van der Waals surface area contributed by atoms with Crippen LogP contribution >= 0.6 is 11.8 Å². The van der Waals surface area contributed by atoms with Crippen LogP contribution in [0.1, 0.15) is 18.9 Å². The van der Waals surface area contributed by atoms with Crippen LogP contribution < -0.4 is 5.73 Å². The van der Waals surface area contributed by atoms with Gasteiger partial charge in [-0.1, -0.05) is 30.8 Å². The maximum absolute atomic E-state index is 14.0. The SMILES string of the molecule is CCC(N)Cc1cccc(F)c1Sc1cnn(C)c1. The maximum Gasteiger partial charge on any atom is 0.137 e. The molecule has 5 heteroatoms. The van der Waals surface area contributed by atoms with Crippen LogP contribution in [0.4, 0.5) is 4.39 Å². The average Bonchev–Trinajstić information content (AvgIpc) is 2.79. The van der Waals surface area contributed by atoms with Crippen LogP contribution in [-0.4, -0.2) is 15.8 Å². The van der Waals surface area contributed by atoms with Gasteiger partial charge in [-0.05, 0) is 24.5 Å². The van der Waals surface area contributed by atoms with Crippen molar-refractivity contribution in [3.63, 3.8) is 0 Å². The van der Waals surface area contributed by atoms with E-state index in [0.717, 1.165) is 16.9 Å². The lowest BCUT2D eigenvalue weighted by Crippen LogP contribution is -2.21. The second-order valence-electron chi connectivity index (χ2n) is 4.55. The second-order valence-corrected chi connectivity index (χ2v) is 5.64. The van der Waals surface area contributed by atoms with Gasteiger partial charge in [0.05, 0.1) is 16.0 Å². The zero-order valence-electron chi connectivity index (χ0n) is 11.1. The molecular weight excluding hydrogens is 261 g/mol. The first-order valence-electron chi connectivity index (χ1n) is 6.29. The molecule has 0 saturated carbocycles. The first-order chi connectivity index (χ1) is 9.10. The standard InChI is InChI=1S/C14H18FN3S/c1-3-11(16)7-10-5-4-6-13(15)14(10)19-12-8-17-18(2)9-12/h4-6,8-9,11H,3,7,16H2,1-2H3. The lowest BCUT2D eigenvalue weighted by atomic mass is 10.0. The fourth-order valence-electron chi connectivity index (χ4n) is 1.82. The van der Waals surface area contributed by atoms with Crippen molar-refractivity contribution in [1.29, 1.82) is 0 Å². The Morgan fingerprint density at radius 3 is 2.89 bits per heavy atom. The van der Waals surface area contributed by atoms with Crippen molar-refractivity contribution in [2.75, 3.05) is 0 Å². The zero-order valence-corrected chi connectivity index (χ0v) is 12.0. The molecule has 102 valence electrons. The van der Waals surface area contributed by atoms with E-state index in [1.165, 1.54) is 17.8 Å². The minimum atomic E-state index is -0.199. The van der Waals surface area contributed by atoms with E-state index in [9.17, 15) is 4.39 Å². The van der Waals surface area contributed by atoms with Gasteiger partial charge in [-0.2, -0.15) is 5.10 Å². The van der Waals surface area contributed by atoms with Gasteiger partial charge in [0.2, 0.25) is 0 Å². The number of hydrogen-bond donors (Lipinski definition) is 1. The van der Waals surface area contributed by atoms with E-state index in [4.69, 9.17) is 5.73 Å². The molecule has 1 heterocycles. The largest absolute Gasteiger partial charge is 0.327 e. The molecule has 0 saturated heterocycles. The Morgan fingerprint density at radius 2 is 2.26 bits per heavy atom. The van der Waals surface area contributed by atoms with Crippen LogP contribution in [0.3, 0.4) is 0 Å². The van der Waals surface area contributed by atoms with E-state index in [0.29, 0.717) is 11.3 Å². The first kappa shape index (κ1) is 14.1. The fourth-order valence-corrected chi connectivity index (χ4v) is 2.81. The Hall–Kier alpha value is -1.33. The van der Waals surface area contributed by atoms with Gasteiger partial charge >= 0.3 is 0 Å². The van der Waals surface area contributed by atoms with E-state index >= 15 is 0 Å². The highest BCUT2D eigenvalue weighted by atomic mass is 32.2. The highest BCUT2D eigenvalue weighted by Gasteiger charge is 2.13. The number of aryl methyl sites for hydroxylation is 1. The molecule has 0 aliphatic rings. The zero-order chi connectivity index (χ0) is 13.8. The van der Waals surface area contributed by atoms with Crippen LogP contribution in [0.15, 0.2) is 40.4 Å². The molecule has 2 N–H and O–H groups in total. The molecule has 1 aromatic carbocycles. The van der Waals surface area contributed by atoms with Crippen molar-refractivity contribution in [3.05, 3.63) is 42.0 Å². The summed E-state index contributed by atoms with van der Waals surface area (Å²) in [4.78, 5) is 1.58. The van der Waals surface area contributed by atoms with Crippen molar-refractivity contribution in [1.82, 2.24) is 9.78 Å². The van der Waals surface area contributed by atoms with Gasteiger partial charge in [0, 0.05) is 19.3 Å². The van der Waals surface area contributed by atoms with Crippen molar-refractivity contribution < 1.29 is 4.39 Å². The Labute approximate surface area is 117 Å². The Bertz CT molecular complexity index is 553. The van der Waals surface area contributed by atoms with Gasteiger partial charge in [-0.15, -0.1) is 0 Å². The van der Waals surface area contributed by atoms with Crippen LogP contribution in [0.25, 0.3) is 0 Å². The summed E-state index contributed by atoms with van der Waals surface area (Å²) in [6.45, 7) is 2.04. The van der Waals surface area contributed by atoms with Crippen molar-refractivity contribution in [3.8, 4) is 0 Å². The normalized spacial score (nSPS) is 12.6. The van der Waals surface area contributed by atoms with E-state index in [-0.39, 0.29) is 11.9 Å². The summed E-state index contributed by atoms with van der Waals surface area (Å²) in [5, 5.41) is 4.10. The Balaban J connectivity index is 2.27. The molecule has 1 unspecified atom stereocenters. The molecule has 0 fully saturated rings. The fraction of sp³-hybridized carbons (Fsp3) is 0.357. The number of nitrogens with two attached hydrogens (primary N) is 1. The van der Waals surface area contributed by atoms with Gasteiger partial charge in [0.25, 0.3) is 0 Å². The third kappa shape index (κ3) is 3.58. The van der Waals surface area contributed by atoms with Crippen LogP contribution in [-0.2, 0) is 13.5 Å². The molecule has 0 radical (unpaired) electrons. The minimum absolute atomic E-state index is 0.0649. The molecule has 0 aliphatic heterocycles. The monoisotopic (exact) mass is 279 g/mol. The van der Waals surface area contributed by atoms with Crippen LogP contribution in [0.2, 0.25) is 0 Å². The molecule has 0 aliphatic carbocycles. The molecule has 19 heavy (non-hydrogen) atoms. The summed E-state index contributed by atoms with van der Waals surface area (Å²) in [6, 6.07) is 5.23. The third-order valence-corrected chi connectivity index (χ3v) is 4.06. The molecule has 2 rings (SSSR count). The number of aromatic nitrogens is 2. The molecule has 0 spiro atoms. The summed E-state index contributed by atoms with van der Waals surface area (Å²) in [6.07, 6.45) is 5.19. The summed E-state index contributed by atoms with van der Waals surface area (Å²) in [7, 11) is 1.85. The smallest absolute Gasteiger partial charge is 0.137 e. The number of nitrogens with zero attached hydrogens (tertiary/aromatic N) is 2. The van der Waals surface area contributed by atoms with E-state index in [2.05, 4.69) is 5.10 Å². The average molecular weight is 279 g/mol. The summed E-state index contributed by atoms with van der Waals surface area (Å²) in [5.41, 5.74) is 6.93. The predicted octanol–water partition coefficient (Wildman–Crippen LogP) is 2.99. The molecule has 0 amide bonds. The minimum Gasteiger partial charge on any atom is -0.327 e. The predicted molar refractivity (Wildman–Crippen MR) is 75.7 cm³/mol. The summed E-state index contributed by atoms with van der Waals surface area (Å²) < 4.78 is 15.7. The molecule has 2 aromatic rings. The highest BCUT2D eigenvalue weighted by molar-refractivity contribution is 7.99. The number of hydrogen-bond acceptors (Lipinski definition) is 3. The Morgan fingerprint density at radius 1 is 1.47 bits per heavy atom. The van der Waals surface area contributed by atoms with Gasteiger partial charge in [0.15, 0.2) is 0 Å². The van der Waals surface area contributed by atoms with Crippen LogP contribution in [0.5, 0.6) is 0 Å². The van der Waals surface area contributed by atoms with Gasteiger partial charge in [-0.25, -0.2) is 4.39 Å². The van der Waals surface area contributed by atoms with Gasteiger partial charge < -0.3 is 5.73 Å². The van der Waals surface area contributed by atoms with Crippen molar-refractivity contribution in [2.45, 2.75) is 35.6 Å². The third-order valence-electron chi connectivity index (χ3n) is 2.96. The molecular formula is C14H18FN3S. The summed E-state index contributed by atoms with van der Waals surface area (Å²) in [5.74, 6) is -0.199. The van der Waals surface area contributed by atoms with Gasteiger partial charge in [-0.3, -0.25) is 4.68 Å². The van der Waals surface area contributed by atoms with E-state index in [1.54, 1.807) is 16.9 Å². The van der Waals surface area contributed by atoms with E-state index in [1.807, 2.05) is 26.2 Å². The molecule has 1 aromatic heterocycles. The van der Waals surface area contributed by atoms with Gasteiger partial charge in [0.1, 0.15) is 5.82 Å². The van der Waals surface area contributed by atoms with Crippen molar-refractivity contribution in [2.24, 2.45) is 12.8 Å². The molecule has 3 nitrogen and oxygen atoms in total. The number of rotatable bonds is 5. The van der Waals surface area contributed by atoms with Crippen molar-refractivity contribution >= 4 is 11.8 Å². The maximum atomic E-state index is 14.0. The lowest BCUT2D eigenvalue weighted by molar-refractivity contribution is 0.585. The summed E-state index contributed by atoms with van der Waals surface area (Å²) >= 11 is 1.40. The number of halogens is 1. The van der Waals surface area contributed by atoms with E-state index < -0.39 is 0 Å². The quantitative estimate of drug-likeness (QED) is 0.915. The second kappa shape index (κ2) is 6.21. The topological polar surface area (TPSA) is 43.8 Å². The Kier molecular flexibility index (Phi) is 4.61. The molecule has 0 bridgehead atoms. The number of benzene rings is 1. The molecule has 1 atom stereocenters. The first-order valence-corrected chi connectivity index (χ1v) is 7.11. The van der Waals surface area contributed by atoms with Crippen LogP contribution in [0, 0.1) is 5.82 Å². The highest BCUT2D eigenvalue weighted by Crippen LogP contribution is 2.33. The lowest BCUT2D eigenvalue weighted by Gasteiger charge is -2.13.